The van der Waals surface area contributed by atoms with Crippen molar-refractivity contribution < 1.29 is 27.5 Å². The topological polar surface area (TPSA) is 83.3 Å². The van der Waals surface area contributed by atoms with E-state index >= 15 is 0 Å². The largest absolute Gasteiger partial charge is 0.476 e. The number of nitrogens with zero attached hydrogens (tertiary/aromatic N) is 3. The molecule has 4 rings (SSSR count). The first-order valence-electron chi connectivity index (χ1n) is 7.87. The van der Waals surface area contributed by atoms with Gasteiger partial charge in [-0.25, -0.2) is 14.2 Å². The van der Waals surface area contributed by atoms with Crippen molar-refractivity contribution in [2.24, 2.45) is 0 Å². The van der Waals surface area contributed by atoms with Gasteiger partial charge in [0.05, 0.1) is 17.5 Å². The lowest BCUT2D eigenvalue weighted by Crippen LogP contribution is -2.08. The smallest absolute Gasteiger partial charge is 0.420 e. The van der Waals surface area contributed by atoms with Gasteiger partial charge < -0.3 is 5.11 Å². The molecule has 0 amide bonds. The van der Waals surface area contributed by atoms with Crippen molar-refractivity contribution in [3.8, 4) is 22.4 Å². The van der Waals surface area contributed by atoms with Crippen LogP contribution in [0.2, 0.25) is 0 Å². The predicted octanol–water partition coefficient (Wildman–Crippen LogP) is 4.25. The van der Waals surface area contributed by atoms with Gasteiger partial charge in [0.1, 0.15) is 5.82 Å². The number of hydrogen-bond acceptors (Lipinski definition) is 3. The van der Waals surface area contributed by atoms with Crippen LogP contribution in [0.1, 0.15) is 16.1 Å². The molecule has 142 valence electrons. The zero-order valence-corrected chi connectivity index (χ0v) is 13.8. The first kappa shape index (κ1) is 17.7. The minimum absolute atomic E-state index is 0.0541. The molecule has 2 N–H and O–H groups in total. The second-order valence-corrected chi connectivity index (χ2v) is 5.95. The van der Waals surface area contributed by atoms with E-state index in [2.05, 4.69) is 15.2 Å². The quantitative estimate of drug-likeness (QED) is 0.513. The number of aromatic carboxylic acids is 1. The molecule has 0 saturated carbocycles. The van der Waals surface area contributed by atoms with Crippen LogP contribution in [-0.4, -0.2) is 30.7 Å². The minimum atomic E-state index is -4.81. The molecule has 0 aliphatic rings. The molecule has 4 aromatic rings. The van der Waals surface area contributed by atoms with Crippen LogP contribution >= 0.6 is 0 Å². The van der Waals surface area contributed by atoms with Crippen molar-refractivity contribution in [1.82, 2.24) is 19.6 Å². The second-order valence-electron chi connectivity index (χ2n) is 5.95. The van der Waals surface area contributed by atoms with Gasteiger partial charge >= 0.3 is 12.1 Å². The Morgan fingerprint density at radius 2 is 1.93 bits per heavy atom. The third kappa shape index (κ3) is 2.88. The number of rotatable bonds is 3. The maximum absolute atomic E-state index is 13.7. The number of aromatic nitrogens is 4. The van der Waals surface area contributed by atoms with Crippen LogP contribution in [0.3, 0.4) is 0 Å². The number of fused-ring (bicyclic) bond motifs is 1. The lowest BCUT2D eigenvalue weighted by molar-refractivity contribution is -0.136. The Morgan fingerprint density at radius 3 is 2.54 bits per heavy atom. The lowest BCUT2D eigenvalue weighted by Gasteiger charge is -2.12. The highest BCUT2D eigenvalue weighted by Crippen LogP contribution is 2.38. The van der Waals surface area contributed by atoms with Crippen LogP contribution in [0, 0.1) is 5.82 Å². The van der Waals surface area contributed by atoms with Gasteiger partial charge in [-0.05, 0) is 29.3 Å². The summed E-state index contributed by atoms with van der Waals surface area (Å²) in [6.45, 7) is 0. The van der Waals surface area contributed by atoms with E-state index in [9.17, 15) is 27.5 Å². The minimum Gasteiger partial charge on any atom is -0.476 e. The zero-order valence-electron chi connectivity index (χ0n) is 13.8. The fourth-order valence-corrected chi connectivity index (χ4v) is 2.98. The van der Waals surface area contributed by atoms with Crippen molar-refractivity contribution in [3.05, 3.63) is 66.0 Å². The van der Waals surface area contributed by atoms with Crippen LogP contribution in [0.15, 0.2) is 48.9 Å². The summed E-state index contributed by atoms with van der Waals surface area (Å²) in [6, 6.07) is 5.91. The number of hydrogen-bond donors (Lipinski definition) is 2. The number of nitrogens with one attached hydrogen (secondary N) is 1. The summed E-state index contributed by atoms with van der Waals surface area (Å²) in [7, 11) is 0. The number of halogens is 4. The standard InChI is InChI=1S/C18H10F4N4O2/c19-12-3-1-2-9(4-12)10-5-13(18(20,21)22)16-25-14(17(27)28)15(26(16)8-10)11-6-23-24-7-11/h1-8H,(H,23,24)(H,27,28). The summed E-state index contributed by atoms with van der Waals surface area (Å²) in [5, 5.41) is 15.7. The molecule has 6 nitrogen and oxygen atoms in total. The highest BCUT2D eigenvalue weighted by molar-refractivity contribution is 5.95. The molecule has 0 fully saturated rings. The monoisotopic (exact) mass is 390 g/mol. The van der Waals surface area contributed by atoms with Crippen molar-refractivity contribution >= 4 is 11.6 Å². The number of benzene rings is 1. The number of pyridine rings is 1. The molecule has 10 heteroatoms. The number of alkyl halides is 3. The van der Waals surface area contributed by atoms with Gasteiger partial charge in [-0.15, -0.1) is 0 Å². The molecule has 28 heavy (non-hydrogen) atoms. The fraction of sp³-hybridized carbons (Fsp3) is 0.0556. The Kier molecular flexibility index (Phi) is 3.91. The Morgan fingerprint density at radius 1 is 1.14 bits per heavy atom. The first-order valence-corrected chi connectivity index (χ1v) is 7.87. The van der Waals surface area contributed by atoms with Gasteiger partial charge in [0.2, 0.25) is 0 Å². The maximum Gasteiger partial charge on any atom is 0.420 e. The predicted molar refractivity (Wildman–Crippen MR) is 90.1 cm³/mol. The number of carbonyl (C=O) groups is 1. The molecular formula is C18H10F4N4O2. The van der Waals surface area contributed by atoms with E-state index in [1.165, 1.54) is 36.8 Å². The number of imidazole rings is 1. The Bertz CT molecular complexity index is 1200. The van der Waals surface area contributed by atoms with Crippen LogP contribution in [0.25, 0.3) is 28.0 Å². The summed E-state index contributed by atoms with van der Waals surface area (Å²) in [4.78, 5) is 15.3. The van der Waals surface area contributed by atoms with Crippen LogP contribution in [0.4, 0.5) is 17.6 Å². The first-order chi connectivity index (χ1) is 13.3. The molecule has 1 aromatic carbocycles. The molecule has 0 atom stereocenters. The van der Waals surface area contributed by atoms with E-state index < -0.39 is 34.9 Å². The molecule has 0 aliphatic carbocycles. The van der Waals surface area contributed by atoms with Gasteiger partial charge in [-0.1, -0.05) is 12.1 Å². The van der Waals surface area contributed by atoms with Crippen molar-refractivity contribution in [3.63, 3.8) is 0 Å². The Labute approximate surface area is 154 Å². The normalized spacial score (nSPS) is 11.9. The molecule has 3 aromatic heterocycles. The summed E-state index contributed by atoms with van der Waals surface area (Å²) >= 11 is 0. The molecule has 0 radical (unpaired) electrons. The lowest BCUT2D eigenvalue weighted by atomic mass is 10.0. The van der Waals surface area contributed by atoms with Gasteiger partial charge in [0.15, 0.2) is 11.3 Å². The molecule has 3 heterocycles. The third-order valence-electron chi connectivity index (χ3n) is 4.16. The average molecular weight is 390 g/mol. The molecule has 0 aliphatic heterocycles. The SMILES string of the molecule is O=C(O)c1nc2c(C(F)(F)F)cc(-c3cccc(F)c3)cn2c1-c1cn[nH]c1. The molecule has 0 bridgehead atoms. The highest BCUT2D eigenvalue weighted by Gasteiger charge is 2.36. The summed E-state index contributed by atoms with van der Waals surface area (Å²) in [6.07, 6.45) is -0.892. The van der Waals surface area contributed by atoms with Gasteiger partial charge in [0.25, 0.3) is 0 Å². The van der Waals surface area contributed by atoms with E-state index in [4.69, 9.17) is 0 Å². The van der Waals surface area contributed by atoms with Crippen molar-refractivity contribution in [2.75, 3.05) is 0 Å². The van der Waals surface area contributed by atoms with Gasteiger partial charge in [-0.2, -0.15) is 18.3 Å². The fourth-order valence-electron chi connectivity index (χ4n) is 2.98. The van der Waals surface area contributed by atoms with Gasteiger partial charge in [-0.3, -0.25) is 9.50 Å². The number of carboxylic acids is 1. The second kappa shape index (κ2) is 6.19. The molecule has 0 saturated heterocycles. The van der Waals surface area contributed by atoms with Crippen LogP contribution < -0.4 is 0 Å². The van der Waals surface area contributed by atoms with E-state index in [0.717, 1.165) is 16.5 Å². The van der Waals surface area contributed by atoms with E-state index in [0.29, 0.717) is 0 Å². The number of carboxylic acid groups (broad SMARTS) is 1. The number of aromatic amines is 1. The average Bonchev–Trinajstić information content (AvgIpc) is 3.27. The van der Waals surface area contributed by atoms with E-state index in [-0.39, 0.29) is 22.4 Å². The van der Waals surface area contributed by atoms with Gasteiger partial charge in [0, 0.05) is 18.0 Å². The van der Waals surface area contributed by atoms with Crippen molar-refractivity contribution in [1.29, 1.82) is 0 Å². The molecule has 0 spiro atoms. The van der Waals surface area contributed by atoms with E-state index in [1.807, 2.05) is 0 Å². The number of H-pyrrole nitrogens is 1. The van der Waals surface area contributed by atoms with Crippen LogP contribution in [0.5, 0.6) is 0 Å². The molecular weight excluding hydrogens is 380 g/mol. The summed E-state index contributed by atoms with van der Waals surface area (Å²) < 4.78 is 55.7. The third-order valence-corrected chi connectivity index (χ3v) is 4.16. The highest BCUT2D eigenvalue weighted by atomic mass is 19.4. The van der Waals surface area contributed by atoms with E-state index in [1.54, 1.807) is 0 Å². The summed E-state index contributed by atoms with van der Waals surface area (Å²) in [5.41, 5.74) is -1.82. The van der Waals surface area contributed by atoms with Crippen molar-refractivity contribution in [2.45, 2.75) is 6.18 Å². The zero-order chi connectivity index (χ0) is 20.1. The molecule has 0 unspecified atom stereocenters. The summed E-state index contributed by atoms with van der Waals surface area (Å²) in [5.74, 6) is -2.10. The van der Waals surface area contributed by atoms with Crippen LogP contribution in [-0.2, 0) is 6.18 Å². The Hall–Kier alpha value is -3.69. The maximum atomic E-state index is 13.7. The Balaban J connectivity index is 2.12.